The van der Waals surface area contributed by atoms with E-state index in [4.69, 9.17) is 0 Å². The Balaban J connectivity index is 2.81. The Labute approximate surface area is 38.8 Å². The maximum atomic E-state index is 9.49. The van der Waals surface area contributed by atoms with Crippen molar-refractivity contribution in [3.05, 3.63) is 0 Å². The van der Waals surface area contributed by atoms with Crippen molar-refractivity contribution in [2.45, 2.75) is 20.0 Å². The molecule has 0 aromatic heterocycles. The van der Waals surface area contributed by atoms with E-state index < -0.39 is 0 Å². The first-order valence-electron chi connectivity index (χ1n) is 1.76. The molecule has 0 atom stereocenters. The average Bonchev–Trinajstić information content (AvgIpc) is 1.35. The fourth-order valence-corrected chi connectivity index (χ4v) is 0.258. The van der Waals surface area contributed by atoms with Crippen LogP contribution in [0.15, 0.2) is 0 Å². The third kappa shape index (κ3) is 4.06. The summed E-state index contributed by atoms with van der Waals surface area (Å²) in [6.45, 7) is 3.65. The highest BCUT2D eigenvalue weighted by Gasteiger charge is 1.86. The predicted octanol–water partition coefficient (Wildman–Crippen LogP) is 1.62. The van der Waals surface area contributed by atoms with Crippen LogP contribution < -0.4 is 0 Å². The molecule has 0 aromatic carbocycles. The lowest BCUT2D eigenvalue weighted by Crippen LogP contribution is -1.89. The summed E-state index contributed by atoms with van der Waals surface area (Å²) >= 11 is 0. The van der Waals surface area contributed by atoms with Crippen molar-refractivity contribution in [3.63, 3.8) is 0 Å². The van der Waals surface area contributed by atoms with Crippen LogP contribution in [-0.4, -0.2) is 6.10 Å². The molecule has 0 unspecified atom stereocenters. The van der Waals surface area contributed by atoms with Crippen molar-refractivity contribution in [3.8, 4) is 0 Å². The van der Waals surface area contributed by atoms with Crippen LogP contribution in [0.3, 0.4) is 0 Å². The van der Waals surface area contributed by atoms with Gasteiger partial charge in [0.1, 0.15) is 0 Å². The van der Waals surface area contributed by atoms with Crippen molar-refractivity contribution in [1.82, 2.24) is 0 Å². The number of rotatable bonds is 2. The number of hydrogen-bond donors (Lipinski definition) is 0. The van der Waals surface area contributed by atoms with E-state index in [-0.39, 0.29) is 14.8 Å². The maximum Gasteiger partial charge on any atom is 0.327 e. The SMILES string of the molecule is CC(C)OP=O. The molecule has 6 heavy (non-hydrogen) atoms. The lowest BCUT2D eigenvalue weighted by Gasteiger charge is -1.91. The minimum absolute atomic E-state index is 0.0733. The standard InChI is InChI=1S/C3H7O2P/c1-3(2)5-6-4/h3H,1-2H3. The summed E-state index contributed by atoms with van der Waals surface area (Å²) in [5, 5.41) is 0. The molecular formula is C3H7O2P. The van der Waals surface area contributed by atoms with Gasteiger partial charge in [0.25, 0.3) is 0 Å². The van der Waals surface area contributed by atoms with E-state index in [0.29, 0.717) is 0 Å². The fourth-order valence-electron chi connectivity index (χ4n) is 0.0861. The van der Waals surface area contributed by atoms with Gasteiger partial charge < -0.3 is 0 Å². The van der Waals surface area contributed by atoms with Gasteiger partial charge in [0.15, 0.2) is 0 Å². The molecular weight excluding hydrogens is 99.0 g/mol. The lowest BCUT2D eigenvalue weighted by atomic mass is 10.5. The Hall–Kier alpha value is 0.0600. The van der Waals surface area contributed by atoms with Crippen LogP contribution in [-0.2, 0) is 9.09 Å². The van der Waals surface area contributed by atoms with E-state index in [1.165, 1.54) is 0 Å². The minimum Gasteiger partial charge on any atom is -0.292 e. The van der Waals surface area contributed by atoms with Crippen LogP contribution in [0.25, 0.3) is 0 Å². The minimum atomic E-state index is -0.226. The van der Waals surface area contributed by atoms with Gasteiger partial charge in [-0.3, -0.25) is 4.52 Å². The first-order chi connectivity index (χ1) is 2.77. The van der Waals surface area contributed by atoms with Gasteiger partial charge in [-0.25, -0.2) is 4.57 Å². The topological polar surface area (TPSA) is 26.3 Å². The summed E-state index contributed by atoms with van der Waals surface area (Å²) in [6.07, 6.45) is 0.0733. The van der Waals surface area contributed by atoms with Crippen LogP contribution in [0.2, 0.25) is 0 Å². The van der Waals surface area contributed by atoms with Crippen molar-refractivity contribution in [2.24, 2.45) is 0 Å². The largest absolute Gasteiger partial charge is 0.327 e. The summed E-state index contributed by atoms with van der Waals surface area (Å²) in [5.41, 5.74) is 0. The highest BCUT2D eigenvalue weighted by molar-refractivity contribution is 7.17. The van der Waals surface area contributed by atoms with Crippen LogP contribution >= 0.6 is 8.69 Å². The molecule has 0 heterocycles. The molecule has 0 rings (SSSR count). The summed E-state index contributed by atoms with van der Waals surface area (Å²) in [6, 6.07) is 0. The normalized spacial score (nSPS) is 10.5. The van der Waals surface area contributed by atoms with Crippen molar-refractivity contribution in [2.75, 3.05) is 0 Å². The van der Waals surface area contributed by atoms with Crippen LogP contribution in [0.5, 0.6) is 0 Å². The quantitative estimate of drug-likeness (QED) is 0.500. The lowest BCUT2D eigenvalue weighted by molar-refractivity contribution is 0.267. The van der Waals surface area contributed by atoms with E-state index in [9.17, 15) is 4.57 Å². The first kappa shape index (κ1) is 6.06. The average molecular weight is 106 g/mol. The Morgan fingerprint density at radius 1 is 1.67 bits per heavy atom. The highest BCUT2D eigenvalue weighted by Crippen LogP contribution is 1.98. The van der Waals surface area contributed by atoms with Crippen molar-refractivity contribution < 1.29 is 9.09 Å². The fraction of sp³-hybridized carbons (Fsp3) is 1.00. The van der Waals surface area contributed by atoms with Crippen LogP contribution in [0.1, 0.15) is 13.8 Å². The summed E-state index contributed by atoms with van der Waals surface area (Å²) in [4.78, 5) is 0. The molecule has 2 nitrogen and oxygen atoms in total. The Morgan fingerprint density at radius 2 is 2.17 bits per heavy atom. The Bertz CT molecular complexity index is 44.1. The zero-order valence-corrected chi connectivity index (χ0v) is 4.74. The van der Waals surface area contributed by atoms with E-state index in [1.807, 2.05) is 13.8 Å². The van der Waals surface area contributed by atoms with E-state index >= 15 is 0 Å². The molecule has 0 fully saturated rings. The summed E-state index contributed by atoms with van der Waals surface area (Å²) < 4.78 is 13.9. The molecule has 0 N–H and O–H groups in total. The second-order valence-electron chi connectivity index (χ2n) is 1.23. The molecule has 0 bridgehead atoms. The van der Waals surface area contributed by atoms with Crippen LogP contribution in [0, 0.1) is 0 Å². The molecule has 0 aliphatic carbocycles. The molecule has 3 heteroatoms. The molecule has 0 aromatic rings. The van der Waals surface area contributed by atoms with Gasteiger partial charge in [0, 0.05) is 0 Å². The van der Waals surface area contributed by atoms with E-state index in [0.717, 1.165) is 0 Å². The molecule has 36 valence electrons. The van der Waals surface area contributed by atoms with Gasteiger partial charge in [-0.05, 0) is 13.8 Å². The van der Waals surface area contributed by atoms with Crippen molar-refractivity contribution >= 4 is 8.69 Å². The molecule has 0 saturated carbocycles. The molecule has 0 saturated heterocycles. The Morgan fingerprint density at radius 3 is 2.17 bits per heavy atom. The molecule has 0 spiro atoms. The summed E-state index contributed by atoms with van der Waals surface area (Å²) in [7, 11) is -0.226. The highest BCUT2D eigenvalue weighted by atomic mass is 31.1. The smallest absolute Gasteiger partial charge is 0.292 e. The van der Waals surface area contributed by atoms with Gasteiger partial charge in [-0.15, -0.1) is 0 Å². The first-order valence-corrected chi connectivity index (χ1v) is 2.49. The van der Waals surface area contributed by atoms with Gasteiger partial charge in [-0.1, -0.05) is 0 Å². The second-order valence-corrected chi connectivity index (χ2v) is 1.59. The zero-order valence-electron chi connectivity index (χ0n) is 3.84. The molecule has 0 aliphatic rings. The van der Waals surface area contributed by atoms with Gasteiger partial charge in [0.05, 0.1) is 6.10 Å². The van der Waals surface area contributed by atoms with Gasteiger partial charge in [-0.2, -0.15) is 0 Å². The second kappa shape index (κ2) is 3.26. The maximum absolute atomic E-state index is 9.49. The molecule has 0 amide bonds. The van der Waals surface area contributed by atoms with Gasteiger partial charge >= 0.3 is 8.69 Å². The predicted molar refractivity (Wildman–Crippen MR) is 23.8 cm³/mol. The molecule has 0 aliphatic heterocycles. The molecule has 0 radical (unpaired) electrons. The monoisotopic (exact) mass is 106 g/mol. The van der Waals surface area contributed by atoms with Crippen LogP contribution in [0.4, 0.5) is 0 Å². The third-order valence-corrected chi connectivity index (χ3v) is 0.762. The van der Waals surface area contributed by atoms with E-state index in [1.54, 1.807) is 0 Å². The number of hydrogen-bond acceptors (Lipinski definition) is 2. The third-order valence-electron chi connectivity index (χ3n) is 0.254. The van der Waals surface area contributed by atoms with Gasteiger partial charge in [0.2, 0.25) is 0 Å². The van der Waals surface area contributed by atoms with E-state index in [2.05, 4.69) is 4.52 Å². The Kier molecular flexibility index (Phi) is 3.29. The van der Waals surface area contributed by atoms with Crippen molar-refractivity contribution in [1.29, 1.82) is 0 Å². The zero-order chi connectivity index (χ0) is 4.99. The summed E-state index contributed by atoms with van der Waals surface area (Å²) in [5.74, 6) is 0.